The number of esters is 1. The van der Waals surface area contributed by atoms with Crippen molar-refractivity contribution in [2.24, 2.45) is 0 Å². The highest BCUT2D eigenvalue weighted by molar-refractivity contribution is 7.23. The number of fused-ring (bicyclic) bond motifs is 1. The quantitative estimate of drug-likeness (QED) is 0.224. The fourth-order valence-electron chi connectivity index (χ4n) is 2.74. The number of hydrogen-bond acceptors (Lipinski definition) is 6. The molecule has 0 saturated carbocycles. The molecule has 29 heavy (non-hydrogen) atoms. The molecule has 0 aliphatic carbocycles. The molecule has 0 atom stereocenters. The number of thiophene rings is 1. The SMILES string of the molecule is CCCCOC(=O)c1c(NC(=O)c2cc(Cl)ccc2[N+](=O)[O-])sc2ccccc12. The van der Waals surface area contributed by atoms with E-state index in [9.17, 15) is 19.7 Å². The van der Waals surface area contributed by atoms with Crippen molar-refractivity contribution in [2.45, 2.75) is 19.8 Å². The van der Waals surface area contributed by atoms with Gasteiger partial charge in [0.25, 0.3) is 11.6 Å². The van der Waals surface area contributed by atoms with Gasteiger partial charge in [-0.25, -0.2) is 4.79 Å². The molecule has 150 valence electrons. The molecule has 9 heteroatoms. The Morgan fingerprint density at radius 1 is 1.24 bits per heavy atom. The first kappa shape index (κ1) is 20.8. The summed E-state index contributed by atoms with van der Waals surface area (Å²) in [6.07, 6.45) is 1.60. The van der Waals surface area contributed by atoms with E-state index in [1.54, 1.807) is 12.1 Å². The van der Waals surface area contributed by atoms with E-state index in [1.807, 2.05) is 19.1 Å². The van der Waals surface area contributed by atoms with E-state index in [4.69, 9.17) is 16.3 Å². The number of rotatable bonds is 7. The van der Waals surface area contributed by atoms with Gasteiger partial charge in [0.05, 0.1) is 11.5 Å². The number of amides is 1. The van der Waals surface area contributed by atoms with Crippen LogP contribution in [0.2, 0.25) is 5.02 Å². The van der Waals surface area contributed by atoms with Crippen LogP contribution in [0.15, 0.2) is 42.5 Å². The predicted molar refractivity (Wildman–Crippen MR) is 113 cm³/mol. The van der Waals surface area contributed by atoms with Gasteiger partial charge in [-0.05, 0) is 24.6 Å². The first-order valence-electron chi connectivity index (χ1n) is 8.86. The first-order valence-corrected chi connectivity index (χ1v) is 10.1. The Labute approximate surface area is 175 Å². The van der Waals surface area contributed by atoms with Crippen molar-refractivity contribution >= 4 is 55.6 Å². The number of benzene rings is 2. The van der Waals surface area contributed by atoms with Gasteiger partial charge in [-0.2, -0.15) is 0 Å². The molecule has 0 fully saturated rings. The number of ether oxygens (including phenoxy) is 1. The molecule has 0 bridgehead atoms. The molecule has 0 radical (unpaired) electrons. The highest BCUT2D eigenvalue weighted by Crippen LogP contribution is 2.37. The van der Waals surface area contributed by atoms with Crippen molar-refractivity contribution in [3.63, 3.8) is 0 Å². The number of nitrogens with zero attached hydrogens (tertiary/aromatic N) is 1. The zero-order valence-corrected chi connectivity index (χ0v) is 17.0. The van der Waals surface area contributed by atoms with Gasteiger partial charge >= 0.3 is 5.97 Å². The van der Waals surface area contributed by atoms with Gasteiger partial charge in [-0.1, -0.05) is 43.1 Å². The van der Waals surface area contributed by atoms with Gasteiger partial charge in [-0.3, -0.25) is 14.9 Å². The van der Waals surface area contributed by atoms with Crippen molar-refractivity contribution in [3.05, 3.63) is 68.7 Å². The van der Waals surface area contributed by atoms with Crippen LogP contribution in [0.25, 0.3) is 10.1 Å². The van der Waals surface area contributed by atoms with Crippen LogP contribution in [0, 0.1) is 10.1 Å². The summed E-state index contributed by atoms with van der Waals surface area (Å²) in [7, 11) is 0. The molecule has 3 rings (SSSR count). The number of nitrogens with one attached hydrogen (secondary N) is 1. The maximum absolute atomic E-state index is 12.8. The second-order valence-electron chi connectivity index (χ2n) is 6.16. The monoisotopic (exact) mass is 432 g/mol. The molecule has 0 unspecified atom stereocenters. The van der Waals surface area contributed by atoms with Crippen LogP contribution in [0.4, 0.5) is 10.7 Å². The predicted octanol–water partition coefficient (Wildman–Crippen LogP) is 5.67. The molecule has 0 aliphatic heterocycles. The smallest absolute Gasteiger partial charge is 0.341 e. The van der Waals surface area contributed by atoms with Crippen LogP contribution in [0.5, 0.6) is 0 Å². The lowest BCUT2D eigenvalue weighted by Gasteiger charge is -2.08. The Morgan fingerprint density at radius 3 is 2.72 bits per heavy atom. The van der Waals surface area contributed by atoms with Crippen LogP contribution in [0.1, 0.15) is 40.5 Å². The number of anilines is 1. The lowest BCUT2D eigenvalue weighted by molar-refractivity contribution is -0.385. The van der Waals surface area contributed by atoms with Crippen molar-refractivity contribution < 1.29 is 19.2 Å². The van der Waals surface area contributed by atoms with E-state index >= 15 is 0 Å². The Morgan fingerprint density at radius 2 is 2.00 bits per heavy atom. The molecule has 0 spiro atoms. The summed E-state index contributed by atoms with van der Waals surface area (Å²) in [6, 6.07) is 10.9. The zero-order valence-electron chi connectivity index (χ0n) is 15.4. The maximum atomic E-state index is 12.8. The topological polar surface area (TPSA) is 98.5 Å². The number of hydrogen-bond donors (Lipinski definition) is 1. The van der Waals surface area contributed by atoms with Crippen LogP contribution in [-0.4, -0.2) is 23.4 Å². The number of halogens is 1. The van der Waals surface area contributed by atoms with E-state index in [2.05, 4.69) is 5.32 Å². The third-order valence-corrected chi connectivity index (χ3v) is 5.48. The summed E-state index contributed by atoms with van der Waals surface area (Å²) in [5.74, 6) is -1.28. The first-order chi connectivity index (χ1) is 13.9. The van der Waals surface area contributed by atoms with E-state index < -0.39 is 16.8 Å². The molecule has 0 aliphatic rings. The molecule has 1 heterocycles. The highest BCUT2D eigenvalue weighted by Gasteiger charge is 2.25. The fraction of sp³-hybridized carbons (Fsp3) is 0.200. The van der Waals surface area contributed by atoms with E-state index in [0.29, 0.717) is 5.39 Å². The fourth-order valence-corrected chi connectivity index (χ4v) is 4.00. The number of nitro benzene ring substituents is 1. The average Bonchev–Trinajstić information content (AvgIpc) is 3.05. The van der Waals surface area contributed by atoms with Gasteiger partial charge in [-0.15, -0.1) is 11.3 Å². The number of carbonyl (C=O) groups is 2. The van der Waals surface area contributed by atoms with Gasteiger partial charge < -0.3 is 10.1 Å². The Balaban J connectivity index is 1.99. The molecule has 0 saturated heterocycles. The molecule has 2 aromatic carbocycles. The summed E-state index contributed by atoms with van der Waals surface area (Å²) in [5.41, 5.74) is -0.329. The molecule has 1 aromatic heterocycles. The highest BCUT2D eigenvalue weighted by atomic mass is 35.5. The van der Waals surface area contributed by atoms with Gasteiger partial charge in [0.15, 0.2) is 0 Å². The van der Waals surface area contributed by atoms with Gasteiger partial charge in [0.2, 0.25) is 0 Å². The zero-order chi connectivity index (χ0) is 21.0. The van der Waals surface area contributed by atoms with Crippen molar-refractivity contribution in [2.75, 3.05) is 11.9 Å². The van der Waals surface area contributed by atoms with E-state index in [0.717, 1.165) is 17.5 Å². The minimum Gasteiger partial charge on any atom is -0.462 e. The standard InChI is InChI=1S/C20H17ClN2O5S/c1-2-3-10-28-20(25)17-13-6-4-5-7-16(13)29-19(17)22-18(24)14-11-12(21)8-9-15(14)23(26)27/h4-9,11H,2-3,10H2,1H3,(H,22,24). The number of carbonyl (C=O) groups excluding carboxylic acids is 2. The van der Waals surface area contributed by atoms with E-state index in [-0.39, 0.29) is 33.4 Å². The average molecular weight is 433 g/mol. The largest absolute Gasteiger partial charge is 0.462 e. The summed E-state index contributed by atoms with van der Waals surface area (Å²) < 4.78 is 6.11. The lowest BCUT2D eigenvalue weighted by Crippen LogP contribution is -2.16. The minimum absolute atomic E-state index is 0.190. The number of nitro groups is 1. The third kappa shape index (κ3) is 4.55. The minimum atomic E-state index is -0.728. The van der Waals surface area contributed by atoms with Crippen molar-refractivity contribution in [1.29, 1.82) is 0 Å². The summed E-state index contributed by atoms with van der Waals surface area (Å²) in [6.45, 7) is 2.25. The lowest BCUT2D eigenvalue weighted by atomic mass is 10.1. The Hall–Kier alpha value is -2.97. The molecular formula is C20H17ClN2O5S. The maximum Gasteiger partial charge on any atom is 0.341 e. The Kier molecular flexibility index (Phi) is 6.46. The second-order valence-corrected chi connectivity index (χ2v) is 7.65. The molecule has 1 amide bonds. The normalized spacial score (nSPS) is 10.7. The van der Waals surface area contributed by atoms with E-state index in [1.165, 1.54) is 29.5 Å². The van der Waals surface area contributed by atoms with Crippen molar-refractivity contribution in [1.82, 2.24) is 0 Å². The van der Waals surface area contributed by atoms with Gasteiger partial charge in [0, 0.05) is 21.2 Å². The summed E-state index contributed by atoms with van der Waals surface area (Å²) in [5, 5.41) is 15.0. The second kappa shape index (κ2) is 9.02. The summed E-state index contributed by atoms with van der Waals surface area (Å²) >= 11 is 7.11. The molecule has 7 nitrogen and oxygen atoms in total. The number of unbranched alkanes of at least 4 members (excludes halogenated alkanes) is 1. The van der Waals surface area contributed by atoms with Crippen LogP contribution in [-0.2, 0) is 4.74 Å². The molecule has 3 aromatic rings. The van der Waals surface area contributed by atoms with Crippen LogP contribution in [0.3, 0.4) is 0 Å². The van der Waals surface area contributed by atoms with Crippen LogP contribution >= 0.6 is 22.9 Å². The molecule has 1 N–H and O–H groups in total. The molecular weight excluding hydrogens is 416 g/mol. The van der Waals surface area contributed by atoms with Gasteiger partial charge in [0.1, 0.15) is 16.1 Å². The third-order valence-electron chi connectivity index (χ3n) is 4.16. The van der Waals surface area contributed by atoms with Crippen LogP contribution < -0.4 is 5.32 Å². The summed E-state index contributed by atoms with van der Waals surface area (Å²) in [4.78, 5) is 36.1. The van der Waals surface area contributed by atoms with Crippen molar-refractivity contribution in [3.8, 4) is 0 Å². The Bertz CT molecular complexity index is 1100.